The molecular weight excluding hydrogens is 406 g/mol. The molecule has 1 atom stereocenters. The normalized spacial score (nSPS) is 14.3. The maximum atomic E-state index is 13.3. The number of carbonyl (C=O) groups is 2. The van der Waals surface area contributed by atoms with Gasteiger partial charge in [-0.1, -0.05) is 48.5 Å². The molecule has 1 aromatic heterocycles. The molecule has 5 nitrogen and oxygen atoms in total. The summed E-state index contributed by atoms with van der Waals surface area (Å²) < 4.78 is 0. The van der Waals surface area contributed by atoms with Crippen LogP contribution < -0.4 is 15.5 Å². The molecule has 1 saturated heterocycles. The fourth-order valence-electron chi connectivity index (χ4n) is 3.89. The van der Waals surface area contributed by atoms with E-state index in [-0.39, 0.29) is 14.7 Å². The number of nitrogens with zero attached hydrogens (tertiary/aromatic N) is 1. The van der Waals surface area contributed by atoms with Gasteiger partial charge in [-0.15, -0.1) is 11.3 Å². The van der Waals surface area contributed by atoms with Gasteiger partial charge in [0.25, 0.3) is 5.91 Å². The average Bonchev–Trinajstić information content (AvgIpc) is 3.52. The SMILES string of the molecule is O=C(NC(CCc1ccccc1)C(=O)Nc1ccccc1N1CCCC1)c1cccs1.[HH].[HH]. The molecule has 2 amide bonds. The Morgan fingerprint density at radius 3 is 2.45 bits per heavy atom. The molecule has 0 aliphatic carbocycles. The zero-order valence-electron chi connectivity index (χ0n) is 17.4. The van der Waals surface area contributed by atoms with E-state index in [1.54, 1.807) is 6.07 Å². The summed E-state index contributed by atoms with van der Waals surface area (Å²) in [5.41, 5.74) is 2.98. The summed E-state index contributed by atoms with van der Waals surface area (Å²) in [7, 11) is 0. The summed E-state index contributed by atoms with van der Waals surface area (Å²) >= 11 is 1.37. The summed E-state index contributed by atoms with van der Waals surface area (Å²) in [4.78, 5) is 28.8. The highest BCUT2D eigenvalue weighted by Gasteiger charge is 2.24. The number of carbonyl (C=O) groups excluding carboxylic acids is 2. The van der Waals surface area contributed by atoms with Crippen molar-refractivity contribution in [2.75, 3.05) is 23.3 Å². The number of para-hydroxylation sites is 2. The minimum atomic E-state index is -0.624. The van der Waals surface area contributed by atoms with Gasteiger partial charge in [0.05, 0.1) is 16.3 Å². The van der Waals surface area contributed by atoms with Crippen molar-refractivity contribution in [1.29, 1.82) is 0 Å². The van der Waals surface area contributed by atoms with Crippen LogP contribution >= 0.6 is 11.3 Å². The smallest absolute Gasteiger partial charge is 0.261 e. The fourth-order valence-corrected chi connectivity index (χ4v) is 4.52. The van der Waals surface area contributed by atoms with Crippen LogP contribution in [-0.4, -0.2) is 30.9 Å². The van der Waals surface area contributed by atoms with E-state index in [1.165, 1.54) is 24.2 Å². The van der Waals surface area contributed by atoms with E-state index < -0.39 is 6.04 Å². The number of nitrogens with one attached hydrogen (secondary N) is 2. The third-order valence-corrected chi connectivity index (χ3v) is 6.41. The van der Waals surface area contributed by atoms with Crippen molar-refractivity contribution in [2.45, 2.75) is 31.7 Å². The second-order valence-corrected chi connectivity index (χ2v) is 8.68. The molecule has 0 radical (unpaired) electrons. The van der Waals surface area contributed by atoms with Crippen LogP contribution in [0, 0.1) is 0 Å². The topological polar surface area (TPSA) is 61.4 Å². The maximum absolute atomic E-state index is 13.3. The van der Waals surface area contributed by atoms with E-state index in [0.29, 0.717) is 17.7 Å². The highest BCUT2D eigenvalue weighted by atomic mass is 32.1. The lowest BCUT2D eigenvalue weighted by molar-refractivity contribution is -0.118. The van der Waals surface area contributed by atoms with Gasteiger partial charge >= 0.3 is 0 Å². The monoisotopic (exact) mass is 437 g/mol. The molecule has 1 aliphatic rings. The third-order valence-electron chi connectivity index (χ3n) is 5.54. The van der Waals surface area contributed by atoms with Crippen LogP contribution in [0.5, 0.6) is 0 Å². The predicted molar refractivity (Wildman–Crippen MR) is 131 cm³/mol. The minimum Gasteiger partial charge on any atom is -0.370 e. The summed E-state index contributed by atoms with van der Waals surface area (Å²) in [5, 5.41) is 7.89. The van der Waals surface area contributed by atoms with E-state index in [2.05, 4.69) is 15.5 Å². The summed E-state index contributed by atoms with van der Waals surface area (Å²) in [6, 6.07) is 20.9. The van der Waals surface area contributed by atoms with Gasteiger partial charge < -0.3 is 15.5 Å². The van der Waals surface area contributed by atoms with Crippen LogP contribution in [0.4, 0.5) is 11.4 Å². The number of hydrogen-bond acceptors (Lipinski definition) is 4. The second-order valence-electron chi connectivity index (χ2n) is 7.73. The van der Waals surface area contributed by atoms with Crippen molar-refractivity contribution >= 4 is 34.5 Å². The summed E-state index contributed by atoms with van der Waals surface area (Å²) in [6.07, 6.45) is 3.56. The molecule has 1 fully saturated rings. The first-order valence-corrected chi connectivity index (χ1v) is 11.6. The quantitative estimate of drug-likeness (QED) is 0.508. The van der Waals surface area contributed by atoms with Crippen LogP contribution in [-0.2, 0) is 11.2 Å². The van der Waals surface area contributed by atoms with Gasteiger partial charge in [0.1, 0.15) is 6.04 Å². The minimum absolute atomic E-state index is 0. The Bertz CT molecular complexity index is 1010. The van der Waals surface area contributed by atoms with Crippen molar-refractivity contribution in [2.24, 2.45) is 0 Å². The van der Waals surface area contributed by atoms with Crippen molar-refractivity contribution in [1.82, 2.24) is 5.32 Å². The van der Waals surface area contributed by atoms with E-state index in [1.807, 2.05) is 66.0 Å². The molecule has 2 heterocycles. The Kier molecular flexibility index (Phi) is 6.99. The first kappa shape index (κ1) is 21.1. The van der Waals surface area contributed by atoms with Gasteiger partial charge in [-0.05, 0) is 54.8 Å². The second kappa shape index (κ2) is 10.3. The van der Waals surface area contributed by atoms with Gasteiger partial charge in [0.2, 0.25) is 5.91 Å². The molecular formula is C25H31N3O2S. The first-order chi connectivity index (χ1) is 15.2. The Balaban J connectivity index is 0.00000193. The molecule has 31 heavy (non-hydrogen) atoms. The maximum Gasteiger partial charge on any atom is 0.261 e. The number of rotatable bonds is 8. The zero-order valence-corrected chi connectivity index (χ0v) is 18.2. The van der Waals surface area contributed by atoms with Gasteiger partial charge in [-0.25, -0.2) is 0 Å². The van der Waals surface area contributed by atoms with Crippen LogP contribution in [0.15, 0.2) is 72.1 Å². The summed E-state index contributed by atoms with van der Waals surface area (Å²) in [6.45, 7) is 2.00. The Morgan fingerprint density at radius 2 is 1.71 bits per heavy atom. The van der Waals surface area contributed by atoms with Crippen molar-refractivity contribution < 1.29 is 12.4 Å². The first-order valence-electron chi connectivity index (χ1n) is 10.7. The van der Waals surface area contributed by atoms with Gasteiger partial charge in [0, 0.05) is 15.9 Å². The average molecular weight is 438 g/mol. The fraction of sp³-hybridized carbons (Fsp3) is 0.280. The van der Waals surface area contributed by atoms with Crippen molar-refractivity contribution in [3.63, 3.8) is 0 Å². The molecule has 2 aromatic carbocycles. The van der Waals surface area contributed by atoms with Gasteiger partial charge in [-0.3, -0.25) is 9.59 Å². The highest BCUT2D eigenvalue weighted by Crippen LogP contribution is 2.29. The van der Waals surface area contributed by atoms with Gasteiger partial charge in [-0.2, -0.15) is 0 Å². The van der Waals surface area contributed by atoms with E-state index in [4.69, 9.17) is 0 Å². The number of hydrogen-bond donors (Lipinski definition) is 2. The van der Waals surface area contributed by atoms with Crippen LogP contribution in [0.2, 0.25) is 0 Å². The van der Waals surface area contributed by atoms with E-state index in [0.717, 1.165) is 30.0 Å². The summed E-state index contributed by atoms with van der Waals surface area (Å²) in [5.74, 6) is -0.400. The lowest BCUT2D eigenvalue weighted by atomic mass is 10.0. The number of amides is 2. The number of anilines is 2. The van der Waals surface area contributed by atoms with Crippen molar-refractivity contribution in [3.8, 4) is 0 Å². The highest BCUT2D eigenvalue weighted by molar-refractivity contribution is 7.12. The number of thiophene rings is 1. The van der Waals surface area contributed by atoms with Crippen molar-refractivity contribution in [3.05, 3.63) is 82.6 Å². The van der Waals surface area contributed by atoms with E-state index >= 15 is 0 Å². The molecule has 3 aromatic rings. The number of benzene rings is 2. The Hall–Kier alpha value is -3.12. The zero-order chi connectivity index (χ0) is 21.5. The van der Waals surface area contributed by atoms with Crippen LogP contribution in [0.3, 0.4) is 0 Å². The van der Waals surface area contributed by atoms with E-state index in [9.17, 15) is 9.59 Å². The molecule has 164 valence electrons. The Morgan fingerprint density at radius 1 is 0.968 bits per heavy atom. The molecule has 2 N–H and O–H groups in total. The molecule has 0 spiro atoms. The third kappa shape index (κ3) is 5.52. The van der Waals surface area contributed by atoms with Crippen LogP contribution in [0.1, 0.15) is 37.4 Å². The lowest BCUT2D eigenvalue weighted by Gasteiger charge is -2.23. The van der Waals surface area contributed by atoms with Gasteiger partial charge in [0.15, 0.2) is 0 Å². The number of aryl methyl sites for hydroxylation is 1. The molecule has 0 saturated carbocycles. The largest absolute Gasteiger partial charge is 0.370 e. The Labute approximate surface area is 190 Å². The van der Waals surface area contributed by atoms with Crippen LogP contribution in [0.25, 0.3) is 0 Å². The molecule has 6 heteroatoms. The standard InChI is InChI=1S/C25H27N3O2S.2H2/c29-24(26-20-11-4-5-12-22(20)28-16-6-7-17-28)21(15-14-19-9-2-1-3-10-19)27-25(30)23-13-8-18-31-23;;/h1-5,8-13,18,21H,6-7,14-17H2,(H,26,29)(H,27,30);2*1H. The molecule has 0 bridgehead atoms. The molecule has 4 rings (SSSR count). The molecule has 1 aliphatic heterocycles. The lowest BCUT2D eigenvalue weighted by Crippen LogP contribution is -2.44. The predicted octanol–water partition coefficient (Wildman–Crippen LogP) is 5.21. The molecule has 1 unspecified atom stereocenters.